The Hall–Kier alpha value is -1.79. The molecule has 0 spiro atoms. The summed E-state index contributed by atoms with van der Waals surface area (Å²) in [5, 5.41) is 8.73. The Labute approximate surface area is 121 Å². The van der Waals surface area contributed by atoms with Gasteiger partial charge in [0.15, 0.2) is 0 Å². The van der Waals surface area contributed by atoms with Gasteiger partial charge in [0.2, 0.25) is 0 Å². The van der Waals surface area contributed by atoms with Crippen molar-refractivity contribution in [3.05, 3.63) is 41.5 Å². The fourth-order valence-electron chi connectivity index (χ4n) is 2.14. The number of hydrogen-bond acceptors (Lipinski definition) is 3. The Bertz CT molecular complexity index is 457. The molecule has 0 N–H and O–H groups in total. The summed E-state index contributed by atoms with van der Waals surface area (Å²) in [6.45, 7) is 4.69. The van der Waals surface area contributed by atoms with E-state index in [4.69, 9.17) is 14.7 Å². The molecule has 1 atom stereocenters. The van der Waals surface area contributed by atoms with E-state index in [9.17, 15) is 0 Å². The van der Waals surface area contributed by atoms with Crippen molar-refractivity contribution in [2.24, 2.45) is 0 Å². The number of rotatable bonds is 4. The topological polar surface area (TPSA) is 42.2 Å². The van der Waals surface area contributed by atoms with Gasteiger partial charge in [0, 0.05) is 7.11 Å². The van der Waals surface area contributed by atoms with Crippen LogP contribution in [-0.2, 0) is 4.74 Å². The van der Waals surface area contributed by atoms with Crippen LogP contribution in [0.25, 0.3) is 0 Å². The zero-order valence-electron chi connectivity index (χ0n) is 12.6. The maximum Gasteiger partial charge on any atom is 0.120 e. The van der Waals surface area contributed by atoms with Gasteiger partial charge < -0.3 is 9.47 Å². The minimum Gasteiger partial charge on any atom is -0.486 e. The van der Waals surface area contributed by atoms with Crippen LogP contribution in [0.15, 0.2) is 35.9 Å². The maximum absolute atomic E-state index is 8.73. The van der Waals surface area contributed by atoms with Crippen LogP contribution in [0, 0.1) is 11.3 Å². The minimum atomic E-state index is 0.122. The smallest absolute Gasteiger partial charge is 0.120 e. The van der Waals surface area contributed by atoms with Gasteiger partial charge in [-0.1, -0.05) is 13.8 Å². The Morgan fingerprint density at radius 3 is 2.55 bits per heavy atom. The Kier molecular flexibility index (Phi) is 7.46. The Morgan fingerprint density at radius 2 is 1.95 bits per heavy atom. The number of nitrogens with zero attached hydrogens (tertiary/aromatic N) is 1. The van der Waals surface area contributed by atoms with Crippen LogP contribution in [0.5, 0.6) is 5.75 Å². The molecule has 0 fully saturated rings. The normalized spacial score (nSPS) is 17.3. The third-order valence-corrected chi connectivity index (χ3v) is 3.01. The van der Waals surface area contributed by atoms with Gasteiger partial charge in [0.25, 0.3) is 0 Å². The van der Waals surface area contributed by atoms with E-state index in [0.717, 1.165) is 25.0 Å². The average Bonchev–Trinajstić information content (AvgIpc) is 2.51. The van der Waals surface area contributed by atoms with Gasteiger partial charge >= 0.3 is 0 Å². The Morgan fingerprint density at radius 1 is 1.25 bits per heavy atom. The van der Waals surface area contributed by atoms with Crippen molar-refractivity contribution in [3.63, 3.8) is 0 Å². The van der Waals surface area contributed by atoms with Crippen LogP contribution < -0.4 is 4.74 Å². The van der Waals surface area contributed by atoms with Crippen LogP contribution >= 0.6 is 0 Å². The lowest BCUT2D eigenvalue weighted by atomic mass is 9.98. The van der Waals surface area contributed by atoms with Crippen molar-refractivity contribution in [2.45, 2.75) is 39.2 Å². The quantitative estimate of drug-likeness (QED) is 0.776. The van der Waals surface area contributed by atoms with Crippen molar-refractivity contribution in [1.29, 1.82) is 5.26 Å². The second-order valence-electron chi connectivity index (χ2n) is 4.44. The average molecular weight is 273 g/mol. The number of methoxy groups -OCH3 is 1. The van der Waals surface area contributed by atoms with E-state index in [1.165, 1.54) is 5.57 Å². The van der Waals surface area contributed by atoms with Gasteiger partial charge in [-0.25, -0.2) is 0 Å². The summed E-state index contributed by atoms with van der Waals surface area (Å²) in [6, 6.07) is 9.34. The number of ether oxygens (including phenoxy) is 2. The molecular formula is C17H23NO2. The molecule has 3 heteroatoms. The lowest BCUT2D eigenvalue weighted by Gasteiger charge is -2.22. The highest BCUT2D eigenvalue weighted by molar-refractivity contribution is 5.34. The van der Waals surface area contributed by atoms with Gasteiger partial charge in [-0.2, -0.15) is 5.26 Å². The van der Waals surface area contributed by atoms with Crippen LogP contribution in [0.4, 0.5) is 0 Å². The predicted molar refractivity (Wildman–Crippen MR) is 80.7 cm³/mol. The lowest BCUT2D eigenvalue weighted by Crippen LogP contribution is -2.19. The van der Waals surface area contributed by atoms with Gasteiger partial charge in [0.05, 0.1) is 18.2 Å². The SMILES string of the molecule is CC.COCC1=CC(Oc2ccc(C#N)cc2)CCC1. The minimum absolute atomic E-state index is 0.122. The highest BCUT2D eigenvalue weighted by Gasteiger charge is 2.14. The molecule has 2 rings (SSSR count). The van der Waals surface area contributed by atoms with Crippen molar-refractivity contribution >= 4 is 0 Å². The standard InChI is InChI=1S/C15H17NO2.C2H6/c1-17-11-13-3-2-4-15(9-13)18-14-7-5-12(10-16)6-8-14;1-2/h5-9,15H,2-4,11H2,1H3;1-2H3. The summed E-state index contributed by atoms with van der Waals surface area (Å²) in [6.07, 6.45) is 5.55. The second kappa shape index (κ2) is 9.17. The fourth-order valence-corrected chi connectivity index (χ4v) is 2.14. The van der Waals surface area contributed by atoms with E-state index in [2.05, 4.69) is 12.1 Å². The van der Waals surface area contributed by atoms with Gasteiger partial charge in [-0.05, 0) is 55.2 Å². The van der Waals surface area contributed by atoms with Crippen molar-refractivity contribution in [1.82, 2.24) is 0 Å². The van der Waals surface area contributed by atoms with Gasteiger partial charge in [0.1, 0.15) is 11.9 Å². The molecule has 1 aromatic rings. The molecule has 1 unspecified atom stereocenters. The lowest BCUT2D eigenvalue weighted by molar-refractivity contribution is 0.200. The van der Waals surface area contributed by atoms with E-state index in [1.807, 2.05) is 26.0 Å². The molecule has 3 nitrogen and oxygen atoms in total. The Balaban J connectivity index is 0.000000956. The molecule has 0 heterocycles. The van der Waals surface area contributed by atoms with E-state index >= 15 is 0 Å². The number of benzene rings is 1. The first-order chi connectivity index (χ1) is 9.81. The summed E-state index contributed by atoms with van der Waals surface area (Å²) in [5.74, 6) is 0.814. The van der Waals surface area contributed by atoms with Crippen LogP contribution in [0.2, 0.25) is 0 Å². The highest BCUT2D eigenvalue weighted by Crippen LogP contribution is 2.23. The van der Waals surface area contributed by atoms with Crippen LogP contribution in [-0.4, -0.2) is 19.8 Å². The van der Waals surface area contributed by atoms with E-state index in [-0.39, 0.29) is 6.10 Å². The summed E-state index contributed by atoms with van der Waals surface area (Å²) in [7, 11) is 1.71. The molecule has 0 saturated carbocycles. The molecule has 0 saturated heterocycles. The zero-order valence-corrected chi connectivity index (χ0v) is 12.6. The molecular weight excluding hydrogens is 250 g/mol. The van der Waals surface area contributed by atoms with E-state index < -0.39 is 0 Å². The molecule has 0 radical (unpaired) electrons. The predicted octanol–water partition coefficient (Wildman–Crippen LogP) is 4.09. The number of nitriles is 1. The van der Waals surface area contributed by atoms with Gasteiger partial charge in [-0.15, -0.1) is 0 Å². The molecule has 108 valence electrons. The van der Waals surface area contributed by atoms with Crippen molar-refractivity contribution in [2.75, 3.05) is 13.7 Å². The monoisotopic (exact) mass is 273 g/mol. The van der Waals surface area contributed by atoms with E-state index in [0.29, 0.717) is 12.2 Å². The molecule has 1 aliphatic rings. The molecule has 1 aromatic carbocycles. The highest BCUT2D eigenvalue weighted by atomic mass is 16.5. The molecule has 20 heavy (non-hydrogen) atoms. The van der Waals surface area contributed by atoms with Gasteiger partial charge in [-0.3, -0.25) is 0 Å². The maximum atomic E-state index is 8.73. The van der Waals surface area contributed by atoms with Crippen LogP contribution in [0.3, 0.4) is 0 Å². The molecule has 0 bridgehead atoms. The van der Waals surface area contributed by atoms with Crippen molar-refractivity contribution < 1.29 is 9.47 Å². The molecule has 0 amide bonds. The summed E-state index contributed by atoms with van der Waals surface area (Å²) in [4.78, 5) is 0. The largest absolute Gasteiger partial charge is 0.486 e. The fraction of sp³-hybridized carbons (Fsp3) is 0.471. The molecule has 1 aliphatic carbocycles. The molecule has 0 aliphatic heterocycles. The molecule has 0 aromatic heterocycles. The third kappa shape index (κ3) is 5.07. The summed E-state index contributed by atoms with van der Waals surface area (Å²) < 4.78 is 11.0. The second-order valence-corrected chi connectivity index (χ2v) is 4.44. The third-order valence-electron chi connectivity index (χ3n) is 3.01. The number of hydrogen-bond donors (Lipinski definition) is 0. The first-order valence-electron chi connectivity index (χ1n) is 7.17. The van der Waals surface area contributed by atoms with Crippen molar-refractivity contribution in [3.8, 4) is 11.8 Å². The zero-order chi connectivity index (χ0) is 14.8. The first kappa shape index (κ1) is 16.3. The summed E-state index contributed by atoms with van der Waals surface area (Å²) >= 11 is 0. The van der Waals surface area contributed by atoms with E-state index in [1.54, 1.807) is 19.2 Å². The summed E-state index contributed by atoms with van der Waals surface area (Å²) in [5.41, 5.74) is 1.96. The van der Waals surface area contributed by atoms with Crippen LogP contribution in [0.1, 0.15) is 38.7 Å². The first-order valence-corrected chi connectivity index (χ1v) is 7.17.